The molecule has 0 bridgehead atoms. The quantitative estimate of drug-likeness (QED) is 0.709. The molecule has 0 aromatic carbocycles. The maximum absolute atomic E-state index is 8.00. The minimum absolute atomic E-state index is 0. The van der Waals surface area contributed by atoms with E-state index in [-0.39, 0.29) is 17.4 Å². The van der Waals surface area contributed by atoms with Crippen molar-refractivity contribution < 1.29 is 46.1 Å². The standard InChI is InChI=1S/C7H16O.5CH2O.Cr/c1-3-4-5-6-7-8-2;5*1-2;/h3-7H2,1-2H3;5*1H2;. The molecule has 0 aromatic rings. The van der Waals surface area contributed by atoms with Crippen LogP contribution in [0, 0.1) is 0 Å². The van der Waals surface area contributed by atoms with Crippen LogP contribution < -0.4 is 0 Å². The smallest absolute Gasteiger partial charge is 0.106 e. The molecule has 0 heterocycles. The Hall–Kier alpha value is -1.16. The Morgan fingerprint density at radius 2 is 1.00 bits per heavy atom. The van der Waals surface area contributed by atoms with Crippen LogP contribution in [0.15, 0.2) is 0 Å². The van der Waals surface area contributed by atoms with E-state index in [1.807, 2.05) is 33.9 Å². The number of carbonyl (C=O) groups is 5. The van der Waals surface area contributed by atoms with E-state index >= 15 is 0 Å². The van der Waals surface area contributed by atoms with Crippen LogP contribution in [0.25, 0.3) is 0 Å². The van der Waals surface area contributed by atoms with E-state index in [0.717, 1.165) is 6.61 Å². The Morgan fingerprint density at radius 1 is 0.684 bits per heavy atom. The van der Waals surface area contributed by atoms with Gasteiger partial charge in [0.2, 0.25) is 0 Å². The van der Waals surface area contributed by atoms with Crippen LogP contribution in [-0.4, -0.2) is 47.7 Å². The number of rotatable bonds is 5. The topological polar surface area (TPSA) is 94.6 Å². The van der Waals surface area contributed by atoms with Gasteiger partial charge in [-0.05, 0) is 6.42 Å². The molecular weight excluding hydrogens is 292 g/mol. The third-order valence-corrected chi connectivity index (χ3v) is 1.20. The number of methoxy groups -OCH3 is 1. The first kappa shape index (κ1) is 43.1. The van der Waals surface area contributed by atoms with Crippen LogP contribution in [0.1, 0.15) is 32.6 Å². The third-order valence-electron chi connectivity index (χ3n) is 1.20. The number of unbranched alkanes of at least 4 members (excludes halogenated alkanes) is 3. The second kappa shape index (κ2) is 180. The van der Waals surface area contributed by atoms with Gasteiger partial charge in [0.25, 0.3) is 0 Å². The van der Waals surface area contributed by atoms with Gasteiger partial charge in [-0.3, -0.25) is 0 Å². The van der Waals surface area contributed by atoms with Crippen molar-refractivity contribution in [2.45, 2.75) is 32.6 Å². The van der Waals surface area contributed by atoms with Crippen molar-refractivity contribution in [2.75, 3.05) is 13.7 Å². The summed E-state index contributed by atoms with van der Waals surface area (Å²) in [4.78, 5) is 40.0. The summed E-state index contributed by atoms with van der Waals surface area (Å²) >= 11 is 0. The van der Waals surface area contributed by atoms with Crippen LogP contribution in [0.2, 0.25) is 0 Å². The Labute approximate surface area is 127 Å². The molecular formula is C12H26CrO6. The van der Waals surface area contributed by atoms with Gasteiger partial charge in [-0.1, -0.05) is 26.2 Å². The van der Waals surface area contributed by atoms with E-state index in [9.17, 15) is 0 Å². The molecule has 0 N–H and O–H groups in total. The van der Waals surface area contributed by atoms with E-state index in [4.69, 9.17) is 28.7 Å². The Kier molecular flexibility index (Phi) is 408. The predicted octanol–water partition coefficient (Wildman–Crippen LogP) is 1.29. The van der Waals surface area contributed by atoms with Gasteiger partial charge in [-0.15, -0.1) is 0 Å². The van der Waals surface area contributed by atoms with Crippen LogP contribution >= 0.6 is 0 Å². The maximum Gasteiger partial charge on any atom is 0.106 e. The number of ether oxygens (including phenoxy) is 1. The predicted molar refractivity (Wildman–Crippen MR) is 71.6 cm³/mol. The largest absolute Gasteiger partial charge is 0.385 e. The molecule has 0 aliphatic heterocycles. The minimum Gasteiger partial charge on any atom is -0.385 e. The van der Waals surface area contributed by atoms with E-state index in [1.165, 1.54) is 25.7 Å². The first-order chi connectivity index (χ1) is 8.91. The molecule has 0 saturated heterocycles. The maximum atomic E-state index is 8.00. The summed E-state index contributed by atoms with van der Waals surface area (Å²) < 4.78 is 4.89. The molecule has 0 fully saturated rings. The van der Waals surface area contributed by atoms with Crippen molar-refractivity contribution in [3.05, 3.63) is 0 Å². The second-order valence-corrected chi connectivity index (χ2v) is 2.05. The molecule has 0 aromatic heterocycles. The Bertz CT molecular complexity index is 80.7. The van der Waals surface area contributed by atoms with Gasteiger partial charge in [0.05, 0.1) is 0 Å². The minimum atomic E-state index is 0. The van der Waals surface area contributed by atoms with Gasteiger partial charge in [0.15, 0.2) is 0 Å². The van der Waals surface area contributed by atoms with Gasteiger partial charge in [0, 0.05) is 31.1 Å². The van der Waals surface area contributed by atoms with Gasteiger partial charge in [-0.25, -0.2) is 0 Å². The summed E-state index contributed by atoms with van der Waals surface area (Å²) in [6.45, 7) is 13.1. The first-order valence-corrected chi connectivity index (χ1v) is 4.85. The van der Waals surface area contributed by atoms with Crippen molar-refractivity contribution in [3.8, 4) is 0 Å². The molecule has 19 heavy (non-hydrogen) atoms. The number of hydrogen-bond donors (Lipinski definition) is 0. The van der Waals surface area contributed by atoms with E-state index in [2.05, 4.69) is 6.92 Å². The fraction of sp³-hybridized carbons (Fsp3) is 0.583. The molecule has 6 nitrogen and oxygen atoms in total. The second-order valence-electron chi connectivity index (χ2n) is 2.05. The molecule has 0 spiro atoms. The van der Waals surface area contributed by atoms with Crippen LogP contribution in [0.4, 0.5) is 0 Å². The van der Waals surface area contributed by atoms with Crippen molar-refractivity contribution in [3.63, 3.8) is 0 Å². The average Bonchev–Trinajstić information content (AvgIpc) is 2.54. The molecule has 7 heteroatoms. The molecule has 0 radical (unpaired) electrons. The number of hydrogen-bond acceptors (Lipinski definition) is 6. The zero-order chi connectivity index (χ0) is 16.2. The van der Waals surface area contributed by atoms with Crippen molar-refractivity contribution in [1.29, 1.82) is 0 Å². The van der Waals surface area contributed by atoms with Crippen molar-refractivity contribution in [2.24, 2.45) is 0 Å². The van der Waals surface area contributed by atoms with Gasteiger partial charge >= 0.3 is 0 Å². The first-order valence-electron chi connectivity index (χ1n) is 4.85. The van der Waals surface area contributed by atoms with Gasteiger partial charge in [-0.2, -0.15) is 0 Å². The monoisotopic (exact) mass is 318 g/mol. The molecule has 0 aliphatic carbocycles. The zero-order valence-electron chi connectivity index (χ0n) is 11.9. The van der Waals surface area contributed by atoms with E-state index in [1.54, 1.807) is 7.11 Å². The van der Waals surface area contributed by atoms with Crippen molar-refractivity contribution >= 4 is 33.9 Å². The van der Waals surface area contributed by atoms with E-state index < -0.39 is 0 Å². The summed E-state index contributed by atoms with van der Waals surface area (Å²) in [6.07, 6.45) is 5.21. The summed E-state index contributed by atoms with van der Waals surface area (Å²) in [6, 6.07) is 0. The molecule has 116 valence electrons. The zero-order valence-corrected chi connectivity index (χ0v) is 13.2. The molecule has 0 aliphatic rings. The fourth-order valence-corrected chi connectivity index (χ4v) is 0.673. The molecule has 0 rings (SSSR count). The SMILES string of the molecule is C=O.C=O.C=O.C=O.C=O.CCCCCCOC.[Cr]. The number of carbonyl (C=O) groups excluding carboxylic acids is 5. The summed E-state index contributed by atoms with van der Waals surface area (Å²) in [5.41, 5.74) is 0. The Morgan fingerprint density at radius 3 is 1.21 bits per heavy atom. The summed E-state index contributed by atoms with van der Waals surface area (Å²) in [7, 11) is 1.76. The van der Waals surface area contributed by atoms with E-state index in [0.29, 0.717) is 0 Å². The van der Waals surface area contributed by atoms with Crippen molar-refractivity contribution in [1.82, 2.24) is 0 Å². The van der Waals surface area contributed by atoms with Crippen LogP contribution in [-0.2, 0) is 46.1 Å². The molecule has 0 saturated carbocycles. The summed E-state index contributed by atoms with van der Waals surface area (Å²) in [5.74, 6) is 0. The van der Waals surface area contributed by atoms with Gasteiger partial charge in [0.1, 0.15) is 33.9 Å². The normalized spacial score (nSPS) is 5.16. The molecule has 0 atom stereocenters. The summed E-state index contributed by atoms with van der Waals surface area (Å²) in [5, 5.41) is 0. The molecule has 0 amide bonds. The molecule has 0 unspecified atom stereocenters. The van der Waals surface area contributed by atoms with Gasteiger partial charge < -0.3 is 28.7 Å². The average molecular weight is 318 g/mol. The third kappa shape index (κ3) is 251. The van der Waals surface area contributed by atoms with Crippen LogP contribution in [0.3, 0.4) is 0 Å². The fourth-order valence-electron chi connectivity index (χ4n) is 0.673. The Balaban J connectivity index is -0.0000000223. The van der Waals surface area contributed by atoms with Crippen LogP contribution in [0.5, 0.6) is 0 Å².